The highest BCUT2D eigenvalue weighted by atomic mass is 16.5. The van der Waals surface area contributed by atoms with Crippen molar-refractivity contribution in [3.05, 3.63) is 130 Å². The molecule has 0 radical (unpaired) electrons. The molecular weight excluding hydrogens is 404 g/mol. The quantitative estimate of drug-likeness (QED) is 0.339. The van der Waals surface area contributed by atoms with Gasteiger partial charge in [0.1, 0.15) is 11.5 Å². The molecule has 0 unspecified atom stereocenters. The third-order valence-corrected chi connectivity index (χ3v) is 6.41. The van der Waals surface area contributed by atoms with Crippen LogP contribution in [0.5, 0.6) is 11.5 Å². The van der Waals surface area contributed by atoms with Crippen LogP contribution in [0.25, 0.3) is 11.1 Å². The minimum atomic E-state index is 0.949. The highest BCUT2D eigenvalue weighted by Gasteiger charge is 2.20. The Balaban J connectivity index is 1.90. The second kappa shape index (κ2) is 9.38. The first-order chi connectivity index (χ1) is 16.3. The Morgan fingerprint density at radius 1 is 0.485 bits per heavy atom. The van der Waals surface area contributed by atoms with Crippen molar-refractivity contribution in [2.75, 3.05) is 14.2 Å². The molecule has 0 saturated carbocycles. The average molecular weight is 433 g/mol. The van der Waals surface area contributed by atoms with Crippen LogP contribution in [0.4, 0.5) is 0 Å². The maximum Gasteiger partial charge on any atom is 0.122 e. The number of hydrogen-bond acceptors (Lipinski definition) is 2. The van der Waals surface area contributed by atoms with Crippen molar-refractivity contribution >= 4 is 11.1 Å². The van der Waals surface area contributed by atoms with Crippen LogP contribution < -0.4 is 9.47 Å². The van der Waals surface area contributed by atoms with Gasteiger partial charge in [-0.3, -0.25) is 0 Å². The maximum atomic E-state index is 5.73. The van der Waals surface area contributed by atoms with Gasteiger partial charge in [0.25, 0.3) is 0 Å². The monoisotopic (exact) mass is 432 g/mol. The summed E-state index contributed by atoms with van der Waals surface area (Å²) < 4.78 is 11.5. The van der Waals surface area contributed by atoms with Crippen LogP contribution in [-0.4, -0.2) is 14.2 Å². The van der Waals surface area contributed by atoms with Crippen LogP contribution in [0.3, 0.4) is 0 Å². The normalized spacial score (nSPS) is 15.5. The molecule has 0 fully saturated rings. The zero-order valence-electron chi connectivity index (χ0n) is 19.2. The van der Waals surface area contributed by atoms with E-state index in [1.54, 1.807) is 14.2 Å². The van der Waals surface area contributed by atoms with Gasteiger partial charge in [0, 0.05) is 0 Å². The van der Waals surface area contributed by atoms with Crippen molar-refractivity contribution in [1.29, 1.82) is 0 Å². The molecule has 2 heteroatoms. The summed E-state index contributed by atoms with van der Waals surface area (Å²) in [6.07, 6.45) is 2.93. The van der Waals surface area contributed by atoms with E-state index in [9.17, 15) is 0 Å². The second-order valence-electron chi connectivity index (χ2n) is 8.39. The van der Waals surface area contributed by atoms with Crippen molar-refractivity contribution < 1.29 is 9.47 Å². The summed E-state index contributed by atoms with van der Waals surface area (Å²) in [6.45, 7) is 0. The predicted molar refractivity (Wildman–Crippen MR) is 136 cm³/mol. The Kier molecular flexibility index (Phi) is 5.99. The number of methoxy groups -OCH3 is 2. The molecule has 0 heterocycles. The molecule has 4 aromatic rings. The topological polar surface area (TPSA) is 18.5 Å². The lowest BCUT2D eigenvalue weighted by molar-refractivity contribution is 0.406. The molecule has 164 valence electrons. The molecule has 0 atom stereocenters. The van der Waals surface area contributed by atoms with E-state index in [0.717, 1.165) is 30.8 Å². The number of aryl methyl sites for hydroxylation is 2. The van der Waals surface area contributed by atoms with Gasteiger partial charge < -0.3 is 9.47 Å². The van der Waals surface area contributed by atoms with Gasteiger partial charge in [0.05, 0.1) is 14.2 Å². The van der Waals surface area contributed by atoms with Crippen LogP contribution in [0.15, 0.2) is 97.1 Å². The van der Waals surface area contributed by atoms with Gasteiger partial charge in [-0.25, -0.2) is 0 Å². The zero-order chi connectivity index (χ0) is 22.6. The van der Waals surface area contributed by atoms with E-state index in [1.165, 1.54) is 44.5 Å². The van der Waals surface area contributed by atoms with Crippen molar-refractivity contribution in [2.24, 2.45) is 0 Å². The summed E-state index contributed by atoms with van der Waals surface area (Å²) >= 11 is 0. The molecule has 0 aliphatic heterocycles. The molecular formula is C31H28O2. The van der Waals surface area contributed by atoms with Gasteiger partial charge in [-0.05, 0) is 88.1 Å². The van der Waals surface area contributed by atoms with Crippen LogP contribution in [0, 0.1) is 0 Å². The molecule has 4 aromatic carbocycles. The molecule has 0 amide bonds. The summed E-state index contributed by atoms with van der Waals surface area (Å²) in [5.74, 6) is 1.90. The molecule has 2 nitrogen and oxygen atoms in total. The fourth-order valence-corrected chi connectivity index (χ4v) is 4.85. The molecule has 0 spiro atoms. The highest BCUT2D eigenvalue weighted by molar-refractivity contribution is 6.04. The molecule has 0 aromatic heterocycles. The van der Waals surface area contributed by atoms with Gasteiger partial charge in [0.2, 0.25) is 0 Å². The molecule has 1 aliphatic rings. The molecule has 5 rings (SSSR count). The number of fused-ring (bicyclic) bond motifs is 4. The molecule has 0 N–H and O–H groups in total. The van der Waals surface area contributed by atoms with E-state index < -0.39 is 0 Å². The smallest absolute Gasteiger partial charge is 0.122 e. The predicted octanol–water partition coefficient (Wildman–Crippen LogP) is 7.20. The lowest BCUT2D eigenvalue weighted by Crippen LogP contribution is -1.99. The lowest BCUT2D eigenvalue weighted by atomic mass is 9.85. The van der Waals surface area contributed by atoms with Crippen LogP contribution in [-0.2, 0) is 12.8 Å². The Morgan fingerprint density at radius 3 is 1.30 bits per heavy atom. The maximum absolute atomic E-state index is 5.73. The Labute approximate surface area is 196 Å². The Bertz CT molecular complexity index is 1190. The van der Waals surface area contributed by atoms with E-state index in [4.69, 9.17) is 9.47 Å². The second-order valence-corrected chi connectivity index (χ2v) is 8.39. The Morgan fingerprint density at radius 2 is 0.909 bits per heavy atom. The van der Waals surface area contributed by atoms with Crippen molar-refractivity contribution in [2.45, 2.75) is 19.3 Å². The van der Waals surface area contributed by atoms with E-state index >= 15 is 0 Å². The molecule has 4 bridgehead atoms. The standard InChI is InChI=1S/C31H28O2/c1-32-28-18-16-26-20-24(28)14-9-15-25-21-27(17-19-29(25)33-2)31(23-12-7-4-8-13-23)30(26)22-10-5-3-6-11-22/h3-8,10-13,16-21H,9,14-15H2,1-2H3/b31-30-. The van der Waals surface area contributed by atoms with E-state index in [1.807, 2.05) is 0 Å². The zero-order valence-corrected chi connectivity index (χ0v) is 19.2. The van der Waals surface area contributed by atoms with Crippen LogP contribution in [0.2, 0.25) is 0 Å². The van der Waals surface area contributed by atoms with Gasteiger partial charge in [-0.1, -0.05) is 72.8 Å². The minimum absolute atomic E-state index is 0.949. The summed E-state index contributed by atoms with van der Waals surface area (Å²) in [5, 5.41) is 0. The van der Waals surface area contributed by atoms with E-state index in [0.29, 0.717) is 0 Å². The summed E-state index contributed by atoms with van der Waals surface area (Å²) in [7, 11) is 3.51. The lowest BCUT2D eigenvalue weighted by Gasteiger charge is -2.20. The first kappa shape index (κ1) is 21.1. The number of hydrogen-bond donors (Lipinski definition) is 0. The first-order valence-electron chi connectivity index (χ1n) is 11.5. The minimum Gasteiger partial charge on any atom is -0.496 e. The van der Waals surface area contributed by atoms with Gasteiger partial charge in [0.15, 0.2) is 0 Å². The molecule has 1 aliphatic carbocycles. The Hall–Kier alpha value is -3.78. The number of ether oxygens (including phenoxy) is 2. The van der Waals surface area contributed by atoms with Gasteiger partial charge in [-0.2, -0.15) is 0 Å². The first-order valence-corrected chi connectivity index (χ1v) is 11.5. The van der Waals surface area contributed by atoms with E-state index in [2.05, 4.69) is 97.1 Å². The van der Waals surface area contributed by atoms with Crippen molar-refractivity contribution in [1.82, 2.24) is 0 Å². The van der Waals surface area contributed by atoms with Crippen LogP contribution >= 0.6 is 0 Å². The van der Waals surface area contributed by atoms with Crippen LogP contribution in [0.1, 0.15) is 39.8 Å². The number of rotatable bonds is 4. The SMILES string of the molecule is COc1ccc2cc1CCCc1cc(ccc1OC)/C(c1ccccc1)=C\2c1ccccc1. The van der Waals surface area contributed by atoms with Crippen molar-refractivity contribution in [3.63, 3.8) is 0 Å². The fraction of sp³-hybridized carbons (Fsp3) is 0.161. The summed E-state index contributed by atoms with van der Waals surface area (Å²) in [6, 6.07) is 34.6. The molecule has 0 saturated heterocycles. The van der Waals surface area contributed by atoms with E-state index in [-0.39, 0.29) is 0 Å². The average Bonchev–Trinajstić information content (AvgIpc) is 2.89. The largest absolute Gasteiger partial charge is 0.496 e. The van der Waals surface area contributed by atoms with Gasteiger partial charge >= 0.3 is 0 Å². The summed E-state index contributed by atoms with van der Waals surface area (Å²) in [5.41, 5.74) is 9.74. The van der Waals surface area contributed by atoms with Crippen molar-refractivity contribution in [3.8, 4) is 11.5 Å². The highest BCUT2D eigenvalue weighted by Crippen LogP contribution is 2.40. The third-order valence-electron chi connectivity index (χ3n) is 6.41. The van der Waals surface area contributed by atoms with Gasteiger partial charge in [-0.15, -0.1) is 0 Å². The fourth-order valence-electron chi connectivity index (χ4n) is 4.85. The summed E-state index contributed by atoms with van der Waals surface area (Å²) in [4.78, 5) is 0. The third kappa shape index (κ3) is 4.17. The number of benzene rings is 4. The molecule has 33 heavy (non-hydrogen) atoms.